The van der Waals surface area contributed by atoms with E-state index in [-0.39, 0.29) is 30.0 Å². The summed E-state index contributed by atoms with van der Waals surface area (Å²) in [6.07, 6.45) is 0.408. The van der Waals surface area contributed by atoms with Crippen molar-refractivity contribution in [3.05, 3.63) is 65.7 Å². The second kappa shape index (κ2) is 6.78. The van der Waals surface area contributed by atoms with Crippen molar-refractivity contribution in [1.82, 2.24) is 5.32 Å². The maximum absolute atomic E-state index is 13.0. The van der Waals surface area contributed by atoms with Gasteiger partial charge in [0.05, 0.1) is 0 Å². The second-order valence-electron chi connectivity index (χ2n) is 5.65. The molecule has 3 rings (SSSR count). The fraction of sp³-hybridized carbons (Fsp3) is 0.222. The summed E-state index contributed by atoms with van der Waals surface area (Å²) in [4.78, 5) is 26.1. The Hall–Kier alpha value is -2.76. The highest BCUT2D eigenvalue weighted by atomic mass is 19.1. The van der Waals surface area contributed by atoms with Crippen LogP contribution in [-0.4, -0.2) is 18.4 Å². The van der Waals surface area contributed by atoms with E-state index in [9.17, 15) is 18.4 Å². The van der Waals surface area contributed by atoms with Gasteiger partial charge in [-0.15, -0.1) is 0 Å². The smallest absolute Gasteiger partial charge is 0.239 e. The van der Waals surface area contributed by atoms with Crippen LogP contribution in [0.25, 0.3) is 0 Å². The summed E-state index contributed by atoms with van der Waals surface area (Å²) in [6, 6.07) is 11.4. The van der Waals surface area contributed by atoms with Gasteiger partial charge in [0.2, 0.25) is 11.8 Å². The lowest BCUT2D eigenvalue weighted by atomic mass is 10.1. The molecule has 0 aliphatic carbocycles. The number of hydrogen-bond donors (Lipinski definition) is 1. The summed E-state index contributed by atoms with van der Waals surface area (Å²) in [6.45, 7) is 0.651. The van der Waals surface area contributed by atoms with Gasteiger partial charge in [-0.25, -0.2) is 8.78 Å². The van der Waals surface area contributed by atoms with Crippen LogP contribution in [0.1, 0.15) is 12.0 Å². The Morgan fingerprint density at radius 2 is 1.62 bits per heavy atom. The molecule has 6 heteroatoms. The van der Waals surface area contributed by atoms with Gasteiger partial charge in [0.15, 0.2) is 0 Å². The minimum absolute atomic E-state index is 0.236. The fourth-order valence-corrected chi connectivity index (χ4v) is 2.72. The fourth-order valence-electron chi connectivity index (χ4n) is 2.72. The molecule has 24 heavy (non-hydrogen) atoms. The maximum Gasteiger partial charge on any atom is 0.239 e. The zero-order valence-electron chi connectivity index (χ0n) is 12.8. The van der Waals surface area contributed by atoms with Crippen LogP contribution in [0.2, 0.25) is 0 Å². The first-order valence-electron chi connectivity index (χ1n) is 7.64. The van der Waals surface area contributed by atoms with Crippen LogP contribution in [0.4, 0.5) is 14.5 Å². The molecule has 0 bridgehead atoms. The third kappa shape index (κ3) is 3.42. The van der Waals surface area contributed by atoms with E-state index >= 15 is 0 Å². The van der Waals surface area contributed by atoms with E-state index in [4.69, 9.17) is 0 Å². The Bertz CT molecular complexity index is 745. The molecule has 1 aliphatic heterocycles. The number of halogens is 2. The molecule has 1 N–H and O–H groups in total. The van der Waals surface area contributed by atoms with Crippen LogP contribution < -0.4 is 10.2 Å². The summed E-state index contributed by atoms with van der Waals surface area (Å²) in [5.41, 5.74) is 1.33. The number of anilines is 1. The van der Waals surface area contributed by atoms with Crippen molar-refractivity contribution < 1.29 is 18.4 Å². The minimum atomic E-state index is -0.754. The molecule has 1 fully saturated rings. The number of carbonyl (C=O) groups is 2. The monoisotopic (exact) mass is 330 g/mol. The van der Waals surface area contributed by atoms with Gasteiger partial charge in [-0.05, 0) is 48.4 Å². The average molecular weight is 330 g/mol. The van der Waals surface area contributed by atoms with E-state index in [1.54, 1.807) is 12.1 Å². The van der Waals surface area contributed by atoms with E-state index in [2.05, 4.69) is 5.32 Å². The summed E-state index contributed by atoms with van der Waals surface area (Å²) >= 11 is 0. The molecule has 0 saturated carbocycles. The van der Waals surface area contributed by atoms with Crippen molar-refractivity contribution in [3.63, 3.8) is 0 Å². The van der Waals surface area contributed by atoms with E-state index in [0.29, 0.717) is 18.7 Å². The summed E-state index contributed by atoms with van der Waals surface area (Å²) in [7, 11) is 0. The molecule has 1 saturated heterocycles. The van der Waals surface area contributed by atoms with Crippen molar-refractivity contribution in [1.29, 1.82) is 0 Å². The Morgan fingerprint density at radius 1 is 1.04 bits per heavy atom. The number of carbonyl (C=O) groups excluding carboxylic acids is 2. The zero-order chi connectivity index (χ0) is 17.1. The Morgan fingerprint density at radius 3 is 2.25 bits per heavy atom. The number of benzene rings is 2. The van der Waals surface area contributed by atoms with Gasteiger partial charge in [0, 0.05) is 18.8 Å². The van der Waals surface area contributed by atoms with Crippen molar-refractivity contribution >= 4 is 17.5 Å². The average Bonchev–Trinajstić information content (AvgIpc) is 2.96. The number of amides is 2. The largest absolute Gasteiger partial charge is 0.351 e. The quantitative estimate of drug-likeness (QED) is 0.876. The van der Waals surface area contributed by atoms with Crippen LogP contribution in [-0.2, 0) is 16.1 Å². The van der Waals surface area contributed by atoms with Gasteiger partial charge in [0.1, 0.15) is 17.6 Å². The molecule has 2 aromatic carbocycles. The van der Waals surface area contributed by atoms with Gasteiger partial charge in [-0.1, -0.05) is 12.1 Å². The highest BCUT2D eigenvalue weighted by Gasteiger charge is 2.37. The van der Waals surface area contributed by atoms with E-state index < -0.39 is 5.92 Å². The van der Waals surface area contributed by atoms with Crippen molar-refractivity contribution in [3.8, 4) is 0 Å². The predicted octanol–water partition coefficient (Wildman–Crippen LogP) is 2.63. The normalized spacial score (nSPS) is 17.2. The van der Waals surface area contributed by atoms with Gasteiger partial charge in [-0.3, -0.25) is 9.59 Å². The first kappa shape index (κ1) is 16.1. The lowest BCUT2D eigenvalue weighted by molar-refractivity contribution is -0.132. The van der Waals surface area contributed by atoms with Crippen molar-refractivity contribution in [2.45, 2.75) is 13.0 Å². The highest BCUT2D eigenvalue weighted by molar-refractivity contribution is 6.09. The van der Waals surface area contributed by atoms with E-state index in [1.165, 1.54) is 41.3 Å². The topological polar surface area (TPSA) is 49.4 Å². The zero-order valence-corrected chi connectivity index (χ0v) is 12.8. The Kier molecular flexibility index (Phi) is 4.55. The molecule has 1 aliphatic rings. The first-order valence-corrected chi connectivity index (χ1v) is 7.64. The van der Waals surface area contributed by atoms with Crippen molar-refractivity contribution in [2.75, 3.05) is 11.4 Å². The van der Waals surface area contributed by atoms with E-state index in [1.807, 2.05) is 0 Å². The maximum atomic E-state index is 13.0. The highest BCUT2D eigenvalue weighted by Crippen LogP contribution is 2.25. The number of nitrogens with one attached hydrogen (secondary N) is 1. The second-order valence-corrected chi connectivity index (χ2v) is 5.65. The van der Waals surface area contributed by atoms with Gasteiger partial charge < -0.3 is 10.2 Å². The molecule has 124 valence electrons. The molecule has 1 atom stereocenters. The lowest BCUT2D eigenvalue weighted by Crippen LogP contribution is -2.36. The van der Waals surface area contributed by atoms with Gasteiger partial charge >= 0.3 is 0 Å². The van der Waals surface area contributed by atoms with Crippen LogP contribution >= 0.6 is 0 Å². The Balaban J connectivity index is 1.61. The number of rotatable bonds is 4. The van der Waals surface area contributed by atoms with Gasteiger partial charge in [-0.2, -0.15) is 0 Å². The summed E-state index contributed by atoms with van der Waals surface area (Å²) in [5, 5.41) is 2.70. The first-order chi connectivity index (χ1) is 11.5. The van der Waals surface area contributed by atoms with Crippen LogP contribution in [0.5, 0.6) is 0 Å². The molecule has 0 radical (unpaired) electrons. The minimum Gasteiger partial charge on any atom is -0.351 e. The molecular weight excluding hydrogens is 314 g/mol. The van der Waals surface area contributed by atoms with Crippen LogP contribution in [0.15, 0.2) is 48.5 Å². The van der Waals surface area contributed by atoms with Gasteiger partial charge in [0.25, 0.3) is 0 Å². The van der Waals surface area contributed by atoms with Crippen molar-refractivity contribution in [2.24, 2.45) is 5.92 Å². The lowest BCUT2D eigenvalue weighted by Gasteiger charge is -2.16. The predicted molar refractivity (Wildman–Crippen MR) is 85.1 cm³/mol. The third-order valence-electron chi connectivity index (χ3n) is 4.04. The molecule has 0 aromatic heterocycles. The molecule has 2 amide bonds. The van der Waals surface area contributed by atoms with Crippen LogP contribution in [0.3, 0.4) is 0 Å². The molecular formula is C18H16F2N2O2. The number of nitrogens with zero attached hydrogens (tertiary/aromatic N) is 1. The Labute approximate surface area is 138 Å². The molecule has 2 aromatic rings. The number of hydrogen-bond acceptors (Lipinski definition) is 2. The third-order valence-corrected chi connectivity index (χ3v) is 4.04. The standard InChI is InChI=1S/C18H16F2N2O2/c19-13-3-1-12(2-4-13)11-21-17(23)16-9-10-22(18(16)24)15-7-5-14(20)6-8-15/h1-8,16H,9-11H2,(H,21,23)/t16-/m1/s1. The molecule has 4 nitrogen and oxygen atoms in total. The van der Waals surface area contributed by atoms with Crippen LogP contribution in [0, 0.1) is 17.6 Å². The summed E-state index contributed by atoms with van der Waals surface area (Å²) < 4.78 is 25.8. The van der Waals surface area contributed by atoms with E-state index in [0.717, 1.165) is 5.56 Å². The summed E-state index contributed by atoms with van der Waals surface area (Å²) in [5.74, 6) is -2.12. The molecule has 0 spiro atoms. The molecule has 0 unspecified atom stereocenters. The SMILES string of the molecule is O=C(NCc1ccc(F)cc1)[C@H]1CCN(c2ccc(F)cc2)C1=O. The molecule has 1 heterocycles.